The number of hydrogen-bond acceptors (Lipinski definition) is 2. The molecule has 0 bridgehead atoms. The molecule has 3 heteroatoms. The maximum absolute atomic E-state index is 12.0. The van der Waals surface area contributed by atoms with Crippen LogP contribution in [0.3, 0.4) is 0 Å². The Morgan fingerprint density at radius 2 is 1.56 bits per heavy atom. The predicted molar refractivity (Wildman–Crippen MR) is 69.5 cm³/mol. The Bertz CT molecular complexity index is 760. The van der Waals surface area contributed by atoms with Gasteiger partial charge in [-0.1, -0.05) is 48.5 Å². The minimum atomic E-state index is -0.576. The van der Waals surface area contributed by atoms with E-state index in [0.29, 0.717) is 11.1 Å². The highest BCUT2D eigenvalue weighted by atomic mass is 16.3. The smallest absolute Gasteiger partial charge is 0.241 e. The molecule has 0 aliphatic heterocycles. The minimum absolute atomic E-state index is 0.468. The van der Waals surface area contributed by atoms with Crippen LogP contribution in [0.4, 0.5) is 0 Å². The summed E-state index contributed by atoms with van der Waals surface area (Å²) in [6, 6.07) is 16.6. The van der Waals surface area contributed by atoms with E-state index >= 15 is 0 Å². The second kappa shape index (κ2) is 4.04. The first-order chi connectivity index (χ1) is 8.77. The van der Waals surface area contributed by atoms with E-state index in [1.807, 2.05) is 48.5 Å². The highest BCUT2D eigenvalue weighted by Gasteiger charge is 2.07. The summed E-state index contributed by atoms with van der Waals surface area (Å²) in [5.74, 6) is -0.486. The van der Waals surface area contributed by atoms with Crippen molar-refractivity contribution < 1.29 is 5.11 Å². The van der Waals surface area contributed by atoms with Gasteiger partial charge in [0.2, 0.25) is 5.56 Å². The topological polar surface area (TPSA) is 55.9 Å². The molecule has 0 amide bonds. The van der Waals surface area contributed by atoms with Crippen LogP contribution in [-0.2, 0) is 0 Å². The van der Waals surface area contributed by atoms with E-state index in [-0.39, 0.29) is 0 Å². The zero-order valence-electron chi connectivity index (χ0n) is 9.51. The Balaban J connectivity index is 2.47. The van der Waals surface area contributed by atoms with Gasteiger partial charge in [-0.15, -0.1) is 0 Å². The van der Waals surface area contributed by atoms with Crippen LogP contribution in [0.5, 0.6) is 5.75 Å². The standard InChI is InChI=1S/C15H11NO2/c17-14-13(10-6-2-1-3-7-10)11-8-4-5-9-12(11)16-15(14)18/h1-9,17H,(H,16,18)/p-1. The summed E-state index contributed by atoms with van der Waals surface area (Å²) in [5.41, 5.74) is 1.34. The molecule has 0 spiro atoms. The second-order valence-corrected chi connectivity index (χ2v) is 4.07. The zero-order valence-corrected chi connectivity index (χ0v) is 9.51. The first-order valence-electron chi connectivity index (χ1n) is 5.65. The van der Waals surface area contributed by atoms with Crippen molar-refractivity contribution in [2.24, 2.45) is 0 Å². The third-order valence-electron chi connectivity index (χ3n) is 2.94. The van der Waals surface area contributed by atoms with Gasteiger partial charge in [-0.05, 0) is 22.9 Å². The van der Waals surface area contributed by atoms with Crippen molar-refractivity contribution in [3.8, 4) is 16.9 Å². The summed E-state index contributed by atoms with van der Waals surface area (Å²) >= 11 is 0. The number of pyridine rings is 1. The van der Waals surface area contributed by atoms with Crippen molar-refractivity contribution in [3.63, 3.8) is 0 Å². The van der Waals surface area contributed by atoms with E-state index in [4.69, 9.17) is 0 Å². The number of rotatable bonds is 1. The fourth-order valence-electron chi connectivity index (χ4n) is 2.12. The van der Waals surface area contributed by atoms with Crippen molar-refractivity contribution in [2.75, 3.05) is 0 Å². The van der Waals surface area contributed by atoms with Gasteiger partial charge < -0.3 is 10.1 Å². The molecule has 3 aromatic rings. The van der Waals surface area contributed by atoms with Gasteiger partial charge in [-0.25, -0.2) is 0 Å². The molecule has 0 aliphatic carbocycles. The molecule has 88 valence electrons. The fourth-order valence-corrected chi connectivity index (χ4v) is 2.12. The number of benzene rings is 2. The van der Waals surface area contributed by atoms with Gasteiger partial charge in [0.15, 0.2) is 0 Å². The number of fused-ring (bicyclic) bond motifs is 1. The maximum Gasteiger partial charge on any atom is 0.241 e. The van der Waals surface area contributed by atoms with Gasteiger partial charge >= 0.3 is 0 Å². The molecule has 0 atom stereocenters. The lowest BCUT2D eigenvalue weighted by Gasteiger charge is -2.15. The van der Waals surface area contributed by atoms with Gasteiger partial charge in [0.25, 0.3) is 0 Å². The van der Waals surface area contributed by atoms with Crippen LogP contribution in [0.1, 0.15) is 0 Å². The van der Waals surface area contributed by atoms with Crippen LogP contribution < -0.4 is 10.7 Å². The maximum atomic E-state index is 12.0. The van der Waals surface area contributed by atoms with E-state index in [2.05, 4.69) is 4.98 Å². The van der Waals surface area contributed by atoms with Gasteiger partial charge in [0, 0.05) is 10.9 Å². The molecule has 1 aromatic heterocycles. The average molecular weight is 236 g/mol. The average Bonchev–Trinajstić information content (AvgIpc) is 2.41. The van der Waals surface area contributed by atoms with Crippen LogP contribution in [0.15, 0.2) is 59.4 Å². The lowest BCUT2D eigenvalue weighted by Crippen LogP contribution is -2.14. The van der Waals surface area contributed by atoms with E-state index in [9.17, 15) is 9.90 Å². The largest absolute Gasteiger partial charge is 0.868 e. The predicted octanol–water partition coefficient (Wildman–Crippen LogP) is 2.27. The highest BCUT2D eigenvalue weighted by Crippen LogP contribution is 2.31. The highest BCUT2D eigenvalue weighted by molar-refractivity contribution is 5.96. The molecule has 0 unspecified atom stereocenters. The van der Waals surface area contributed by atoms with Gasteiger partial charge in [0.1, 0.15) is 0 Å². The normalized spacial score (nSPS) is 10.7. The van der Waals surface area contributed by atoms with Gasteiger partial charge in [-0.2, -0.15) is 0 Å². The van der Waals surface area contributed by atoms with Crippen LogP contribution >= 0.6 is 0 Å². The Kier molecular flexibility index (Phi) is 2.38. The summed E-state index contributed by atoms with van der Waals surface area (Å²) in [5, 5.41) is 12.8. The summed E-state index contributed by atoms with van der Waals surface area (Å²) < 4.78 is 0. The lowest BCUT2D eigenvalue weighted by atomic mass is 10.0. The number of hydrogen-bond donors (Lipinski definition) is 1. The Labute approximate surface area is 103 Å². The summed E-state index contributed by atoms with van der Waals surface area (Å²) in [6.45, 7) is 0. The second-order valence-electron chi connectivity index (χ2n) is 4.07. The van der Waals surface area contributed by atoms with E-state index in [1.54, 1.807) is 6.07 Å². The molecular weight excluding hydrogens is 226 g/mol. The molecule has 0 radical (unpaired) electrons. The third kappa shape index (κ3) is 1.57. The van der Waals surface area contributed by atoms with Crippen molar-refractivity contribution in [2.45, 2.75) is 0 Å². The molecule has 0 fully saturated rings. The molecule has 0 saturated carbocycles. The summed E-state index contributed by atoms with van der Waals surface area (Å²) in [6.07, 6.45) is 0. The fraction of sp³-hybridized carbons (Fsp3) is 0. The molecule has 0 saturated heterocycles. The van der Waals surface area contributed by atoms with E-state index in [0.717, 1.165) is 10.9 Å². The quantitative estimate of drug-likeness (QED) is 0.704. The number of H-pyrrole nitrogens is 1. The zero-order chi connectivity index (χ0) is 12.5. The van der Waals surface area contributed by atoms with Crippen LogP contribution in [0.25, 0.3) is 22.0 Å². The van der Waals surface area contributed by atoms with E-state index in [1.165, 1.54) is 0 Å². The van der Waals surface area contributed by atoms with Crippen molar-refractivity contribution in [3.05, 3.63) is 65.0 Å². The first-order valence-corrected chi connectivity index (χ1v) is 5.65. The van der Waals surface area contributed by atoms with E-state index < -0.39 is 11.3 Å². The molecule has 1 N–H and O–H groups in total. The number of nitrogens with one attached hydrogen (secondary N) is 1. The summed E-state index contributed by atoms with van der Waals surface area (Å²) in [7, 11) is 0. The van der Waals surface area contributed by atoms with Crippen LogP contribution in [0.2, 0.25) is 0 Å². The number of aromatic nitrogens is 1. The van der Waals surface area contributed by atoms with Gasteiger partial charge in [-0.3, -0.25) is 4.79 Å². The summed E-state index contributed by atoms with van der Waals surface area (Å²) in [4.78, 5) is 14.3. The van der Waals surface area contributed by atoms with Gasteiger partial charge in [0.05, 0.1) is 0 Å². The monoisotopic (exact) mass is 236 g/mol. The minimum Gasteiger partial charge on any atom is -0.868 e. The molecule has 2 aromatic carbocycles. The lowest BCUT2D eigenvalue weighted by molar-refractivity contribution is -0.269. The van der Waals surface area contributed by atoms with Crippen molar-refractivity contribution in [1.29, 1.82) is 0 Å². The van der Waals surface area contributed by atoms with Crippen molar-refractivity contribution in [1.82, 2.24) is 4.98 Å². The SMILES string of the molecule is O=c1[nH]c2ccccc2c(-c2ccccc2)c1[O-]. The number of para-hydroxylation sites is 1. The molecule has 3 rings (SSSR count). The Morgan fingerprint density at radius 1 is 0.889 bits per heavy atom. The Hall–Kier alpha value is -2.55. The molecule has 18 heavy (non-hydrogen) atoms. The van der Waals surface area contributed by atoms with Crippen LogP contribution in [-0.4, -0.2) is 4.98 Å². The molecule has 1 heterocycles. The molecule has 3 nitrogen and oxygen atoms in total. The first kappa shape index (κ1) is 10.6. The third-order valence-corrected chi connectivity index (χ3v) is 2.94. The van der Waals surface area contributed by atoms with Crippen LogP contribution in [0, 0.1) is 0 Å². The molecular formula is C15H10NO2-. The molecule has 0 aliphatic rings. The van der Waals surface area contributed by atoms with Crippen molar-refractivity contribution >= 4 is 10.9 Å². The number of aromatic amines is 1. The Morgan fingerprint density at radius 3 is 2.33 bits per heavy atom.